The summed E-state index contributed by atoms with van der Waals surface area (Å²) in [6.45, 7) is 0.745. The van der Waals surface area contributed by atoms with Gasteiger partial charge in [-0.1, -0.05) is 12.2 Å². The van der Waals surface area contributed by atoms with Crippen molar-refractivity contribution in [3.8, 4) is 12.3 Å². The molecule has 0 aromatic carbocycles. The largest absolute Gasteiger partial charge is 0.345 e. The minimum absolute atomic E-state index is 0.285. The van der Waals surface area contributed by atoms with E-state index in [0.717, 1.165) is 12.5 Å². The molecule has 2 rings (SSSR count). The summed E-state index contributed by atoms with van der Waals surface area (Å²) < 4.78 is 0. The van der Waals surface area contributed by atoms with E-state index in [-0.39, 0.29) is 5.91 Å². The molecule has 0 unspecified atom stereocenters. The van der Waals surface area contributed by atoms with Crippen molar-refractivity contribution < 1.29 is 4.79 Å². The van der Waals surface area contributed by atoms with Crippen molar-refractivity contribution in [2.75, 3.05) is 6.54 Å². The van der Waals surface area contributed by atoms with Crippen LogP contribution in [0, 0.1) is 30.1 Å². The van der Waals surface area contributed by atoms with Gasteiger partial charge in [0.05, 0.1) is 0 Å². The molecule has 1 amide bonds. The molecular formula is C11H13NO. The number of allylic oxidation sites excluding steroid dienone is 2. The van der Waals surface area contributed by atoms with E-state index in [4.69, 9.17) is 6.42 Å². The molecule has 0 heterocycles. The number of rotatable bonds is 2. The topological polar surface area (TPSA) is 29.1 Å². The van der Waals surface area contributed by atoms with Crippen LogP contribution in [-0.4, -0.2) is 12.5 Å². The maximum atomic E-state index is 10.8. The number of carbonyl (C=O) groups excluding carboxylic acids is 1. The molecule has 2 heteroatoms. The van der Waals surface area contributed by atoms with E-state index >= 15 is 0 Å². The molecule has 2 nitrogen and oxygen atoms in total. The molecule has 3 atom stereocenters. The molecule has 68 valence electrons. The fraction of sp³-hybridized carbons (Fsp3) is 0.545. The Bertz CT molecular complexity index is 287. The number of carbonyl (C=O) groups is 1. The van der Waals surface area contributed by atoms with E-state index in [1.807, 2.05) is 0 Å². The zero-order chi connectivity index (χ0) is 9.26. The molecule has 1 saturated carbocycles. The third kappa shape index (κ3) is 1.60. The lowest BCUT2D eigenvalue weighted by atomic mass is 9.94. The van der Waals surface area contributed by atoms with Crippen molar-refractivity contribution >= 4 is 5.91 Å². The van der Waals surface area contributed by atoms with E-state index < -0.39 is 0 Å². The van der Waals surface area contributed by atoms with Crippen LogP contribution < -0.4 is 5.32 Å². The lowest BCUT2D eigenvalue weighted by Crippen LogP contribution is -2.29. The van der Waals surface area contributed by atoms with Gasteiger partial charge >= 0.3 is 0 Å². The summed E-state index contributed by atoms with van der Waals surface area (Å²) >= 11 is 0. The second-order valence-electron chi connectivity index (χ2n) is 3.89. The van der Waals surface area contributed by atoms with Gasteiger partial charge in [-0.15, -0.1) is 6.42 Å². The molecule has 2 bridgehead atoms. The molecule has 13 heavy (non-hydrogen) atoms. The molecule has 0 radical (unpaired) electrons. The van der Waals surface area contributed by atoms with Gasteiger partial charge in [0.15, 0.2) is 0 Å². The van der Waals surface area contributed by atoms with Crippen LogP contribution >= 0.6 is 0 Å². The van der Waals surface area contributed by atoms with Crippen LogP contribution in [0.3, 0.4) is 0 Å². The predicted molar refractivity (Wildman–Crippen MR) is 50.7 cm³/mol. The van der Waals surface area contributed by atoms with Crippen molar-refractivity contribution in [2.45, 2.75) is 12.8 Å². The average Bonchev–Trinajstić information content (AvgIpc) is 2.74. The highest BCUT2D eigenvalue weighted by Gasteiger charge is 2.35. The highest BCUT2D eigenvalue weighted by molar-refractivity contribution is 5.92. The van der Waals surface area contributed by atoms with E-state index in [1.54, 1.807) is 0 Å². The quantitative estimate of drug-likeness (QED) is 0.491. The average molecular weight is 175 g/mol. The van der Waals surface area contributed by atoms with E-state index in [0.29, 0.717) is 11.8 Å². The molecule has 1 N–H and O–H groups in total. The second kappa shape index (κ2) is 3.26. The van der Waals surface area contributed by atoms with E-state index in [1.165, 1.54) is 12.8 Å². The normalized spacial score (nSPS) is 34.5. The number of nitrogens with one attached hydrogen (secondary N) is 1. The van der Waals surface area contributed by atoms with Crippen LogP contribution in [0.2, 0.25) is 0 Å². The van der Waals surface area contributed by atoms with Crippen LogP contribution in [0.15, 0.2) is 12.2 Å². The van der Waals surface area contributed by atoms with Gasteiger partial charge in [0.1, 0.15) is 0 Å². The molecule has 0 aromatic heterocycles. The van der Waals surface area contributed by atoms with Gasteiger partial charge in [-0.25, -0.2) is 0 Å². The first-order valence-corrected chi connectivity index (χ1v) is 4.72. The lowest BCUT2D eigenvalue weighted by molar-refractivity contribution is -0.115. The van der Waals surface area contributed by atoms with Crippen LogP contribution in [0.4, 0.5) is 0 Å². The van der Waals surface area contributed by atoms with Crippen molar-refractivity contribution in [2.24, 2.45) is 17.8 Å². The van der Waals surface area contributed by atoms with Gasteiger partial charge in [-0.2, -0.15) is 0 Å². The Hall–Kier alpha value is -1.23. The van der Waals surface area contributed by atoms with Gasteiger partial charge in [0.25, 0.3) is 5.91 Å². The fourth-order valence-corrected chi connectivity index (χ4v) is 2.40. The Balaban J connectivity index is 1.82. The van der Waals surface area contributed by atoms with Crippen LogP contribution in [0.1, 0.15) is 12.8 Å². The number of hydrogen-bond donors (Lipinski definition) is 1. The Morgan fingerprint density at radius 1 is 1.54 bits per heavy atom. The highest BCUT2D eigenvalue weighted by Crippen LogP contribution is 2.42. The fourth-order valence-electron chi connectivity index (χ4n) is 2.40. The third-order valence-corrected chi connectivity index (χ3v) is 3.07. The van der Waals surface area contributed by atoms with Crippen LogP contribution in [-0.2, 0) is 4.79 Å². The SMILES string of the molecule is C#CC(=O)NC[C@@H]1C[C@H]2C=C[C@@H]1C2. The molecule has 2 aliphatic rings. The summed E-state index contributed by atoms with van der Waals surface area (Å²) in [6, 6.07) is 0. The molecule has 0 spiro atoms. The minimum atomic E-state index is -0.285. The van der Waals surface area contributed by atoms with Crippen molar-refractivity contribution in [1.82, 2.24) is 5.32 Å². The smallest absolute Gasteiger partial charge is 0.295 e. The summed E-state index contributed by atoms with van der Waals surface area (Å²) in [4.78, 5) is 10.8. The Morgan fingerprint density at radius 2 is 2.38 bits per heavy atom. The Kier molecular flexibility index (Phi) is 2.10. The van der Waals surface area contributed by atoms with Gasteiger partial charge in [-0.3, -0.25) is 4.79 Å². The summed E-state index contributed by atoms with van der Waals surface area (Å²) in [5, 5.41) is 2.75. The standard InChI is InChI=1S/C11H13NO/c1-2-11(13)12-7-10-6-8-3-4-9(10)5-8/h1,3-4,8-10H,5-7H2,(H,12,13)/t8-,9+,10-/m0/s1. The molecule has 1 fully saturated rings. The molecule has 0 aromatic rings. The number of fused-ring (bicyclic) bond motifs is 2. The zero-order valence-electron chi connectivity index (χ0n) is 7.49. The Labute approximate surface area is 78.4 Å². The monoisotopic (exact) mass is 175 g/mol. The Morgan fingerprint density at radius 3 is 2.92 bits per heavy atom. The van der Waals surface area contributed by atoms with Gasteiger partial charge in [-0.05, 0) is 36.5 Å². The van der Waals surface area contributed by atoms with Crippen molar-refractivity contribution in [3.05, 3.63) is 12.2 Å². The summed E-state index contributed by atoms with van der Waals surface area (Å²) in [5.41, 5.74) is 0. The minimum Gasteiger partial charge on any atom is -0.345 e. The van der Waals surface area contributed by atoms with E-state index in [9.17, 15) is 4.79 Å². The second-order valence-corrected chi connectivity index (χ2v) is 3.89. The van der Waals surface area contributed by atoms with Gasteiger partial charge < -0.3 is 5.32 Å². The summed E-state index contributed by atoms with van der Waals surface area (Å²) in [6.07, 6.45) is 12.0. The van der Waals surface area contributed by atoms with Gasteiger partial charge in [0, 0.05) is 6.54 Å². The first-order valence-electron chi connectivity index (χ1n) is 4.72. The number of hydrogen-bond acceptors (Lipinski definition) is 1. The van der Waals surface area contributed by atoms with Crippen LogP contribution in [0.5, 0.6) is 0 Å². The predicted octanol–water partition coefficient (Wildman–Crippen LogP) is 0.948. The van der Waals surface area contributed by atoms with Crippen molar-refractivity contribution in [1.29, 1.82) is 0 Å². The zero-order valence-corrected chi connectivity index (χ0v) is 7.49. The summed E-state index contributed by atoms with van der Waals surface area (Å²) in [7, 11) is 0. The number of terminal acetylenes is 1. The molecular weight excluding hydrogens is 162 g/mol. The maximum Gasteiger partial charge on any atom is 0.295 e. The molecule has 2 aliphatic carbocycles. The third-order valence-electron chi connectivity index (χ3n) is 3.07. The van der Waals surface area contributed by atoms with Crippen molar-refractivity contribution in [3.63, 3.8) is 0 Å². The van der Waals surface area contributed by atoms with Crippen LogP contribution in [0.25, 0.3) is 0 Å². The first kappa shape index (κ1) is 8.37. The number of amides is 1. The molecule has 0 aliphatic heterocycles. The highest BCUT2D eigenvalue weighted by atomic mass is 16.1. The first-order chi connectivity index (χ1) is 6.29. The summed E-state index contributed by atoms with van der Waals surface area (Å²) in [5.74, 6) is 3.84. The van der Waals surface area contributed by atoms with Gasteiger partial charge in [0.2, 0.25) is 0 Å². The molecule has 0 saturated heterocycles. The maximum absolute atomic E-state index is 10.8. The lowest BCUT2D eigenvalue weighted by Gasteiger charge is -2.17. The van der Waals surface area contributed by atoms with E-state index in [2.05, 4.69) is 23.4 Å².